The van der Waals surface area contributed by atoms with E-state index in [-0.39, 0.29) is 17.7 Å². The predicted octanol–water partition coefficient (Wildman–Crippen LogP) is 3.35. The van der Waals surface area contributed by atoms with Crippen molar-refractivity contribution in [1.29, 1.82) is 0 Å². The molecule has 1 unspecified atom stereocenters. The molecule has 4 rings (SSSR count). The number of aromatic amines is 1. The summed E-state index contributed by atoms with van der Waals surface area (Å²) in [4.78, 5) is 28.1. The fourth-order valence-corrected chi connectivity index (χ4v) is 4.14. The highest BCUT2D eigenvalue weighted by molar-refractivity contribution is 7.71. The number of rotatable bonds is 5. The minimum atomic E-state index is -0.730. The summed E-state index contributed by atoms with van der Waals surface area (Å²) in [5, 5.41) is 10.1. The number of carbonyl (C=O) groups is 2. The first-order valence-corrected chi connectivity index (χ1v) is 10.8. The van der Waals surface area contributed by atoms with E-state index in [4.69, 9.17) is 12.2 Å². The molecule has 0 spiro atoms. The van der Waals surface area contributed by atoms with Gasteiger partial charge in [-0.05, 0) is 42.8 Å². The summed E-state index contributed by atoms with van der Waals surface area (Å²) in [5.74, 6) is 0.814. The number of nitrogens with zero attached hydrogens (tertiary/aromatic N) is 3. The lowest BCUT2D eigenvalue weighted by Gasteiger charge is -2.34. The molecule has 1 saturated heterocycles. The zero-order valence-corrected chi connectivity index (χ0v) is 18.1. The Labute approximate surface area is 186 Å². The number of carbonyl (C=O) groups excluding carboxylic acids is 2. The number of hydrogen-bond acceptors (Lipinski definition) is 4. The van der Waals surface area contributed by atoms with E-state index in [1.807, 2.05) is 65.0 Å². The van der Waals surface area contributed by atoms with Gasteiger partial charge >= 0.3 is 0 Å². The summed E-state index contributed by atoms with van der Waals surface area (Å²) in [6, 6.07) is 17.6. The lowest BCUT2D eigenvalue weighted by Crippen LogP contribution is -2.46. The number of piperidine rings is 1. The molecule has 2 amide bonds. The molecule has 1 aromatic heterocycles. The van der Waals surface area contributed by atoms with Crippen molar-refractivity contribution in [2.75, 3.05) is 13.1 Å². The lowest BCUT2D eigenvalue weighted by molar-refractivity contribution is -0.134. The van der Waals surface area contributed by atoms with E-state index in [0.717, 1.165) is 24.2 Å². The Balaban J connectivity index is 1.49. The molecule has 160 valence electrons. The van der Waals surface area contributed by atoms with E-state index < -0.39 is 6.04 Å². The van der Waals surface area contributed by atoms with Gasteiger partial charge in [-0.25, -0.2) is 0 Å². The maximum Gasteiger partial charge on any atom is 0.252 e. The molecule has 1 atom stereocenters. The molecule has 1 aliphatic rings. The van der Waals surface area contributed by atoms with Crippen molar-refractivity contribution in [3.8, 4) is 0 Å². The van der Waals surface area contributed by atoms with Crippen molar-refractivity contribution in [2.45, 2.75) is 24.8 Å². The van der Waals surface area contributed by atoms with Gasteiger partial charge in [0.1, 0.15) is 11.9 Å². The van der Waals surface area contributed by atoms with Crippen molar-refractivity contribution in [3.63, 3.8) is 0 Å². The first-order valence-electron chi connectivity index (χ1n) is 10.4. The van der Waals surface area contributed by atoms with Gasteiger partial charge in [0.2, 0.25) is 5.91 Å². The van der Waals surface area contributed by atoms with E-state index in [1.54, 1.807) is 12.1 Å². The van der Waals surface area contributed by atoms with Gasteiger partial charge in [0.25, 0.3) is 5.91 Å². The molecule has 1 fully saturated rings. The van der Waals surface area contributed by atoms with Crippen LogP contribution in [0.15, 0.2) is 60.7 Å². The van der Waals surface area contributed by atoms with E-state index >= 15 is 0 Å². The summed E-state index contributed by atoms with van der Waals surface area (Å²) in [7, 11) is 1.91. The lowest BCUT2D eigenvalue weighted by atomic mass is 9.94. The summed E-state index contributed by atoms with van der Waals surface area (Å²) in [6.07, 6.45) is 1.60. The van der Waals surface area contributed by atoms with Crippen molar-refractivity contribution in [2.24, 2.45) is 7.05 Å². The quantitative estimate of drug-likeness (QED) is 0.602. The maximum atomic E-state index is 13.4. The molecule has 2 heterocycles. The zero-order valence-electron chi connectivity index (χ0n) is 17.3. The van der Waals surface area contributed by atoms with Crippen molar-refractivity contribution >= 4 is 24.0 Å². The predicted molar refractivity (Wildman–Crippen MR) is 120 cm³/mol. The van der Waals surface area contributed by atoms with Crippen LogP contribution in [-0.4, -0.2) is 44.6 Å². The highest BCUT2D eigenvalue weighted by Crippen LogP contribution is 2.28. The van der Waals surface area contributed by atoms with Crippen LogP contribution in [0.4, 0.5) is 0 Å². The minimum absolute atomic E-state index is 0.0932. The molecule has 0 bridgehead atoms. The molecule has 2 N–H and O–H groups in total. The number of benzene rings is 2. The van der Waals surface area contributed by atoms with E-state index in [0.29, 0.717) is 23.4 Å². The Morgan fingerprint density at radius 3 is 2.26 bits per heavy atom. The summed E-state index contributed by atoms with van der Waals surface area (Å²) >= 11 is 5.22. The van der Waals surface area contributed by atoms with Gasteiger partial charge in [-0.1, -0.05) is 48.5 Å². The smallest absolute Gasteiger partial charge is 0.252 e. The minimum Gasteiger partial charge on any atom is -0.341 e. The van der Waals surface area contributed by atoms with Crippen LogP contribution in [0.2, 0.25) is 0 Å². The van der Waals surface area contributed by atoms with Crippen LogP contribution < -0.4 is 5.32 Å². The van der Waals surface area contributed by atoms with Crippen LogP contribution in [-0.2, 0) is 11.8 Å². The fourth-order valence-electron chi connectivity index (χ4n) is 4.00. The third-order valence-electron chi connectivity index (χ3n) is 5.78. The Kier molecular flexibility index (Phi) is 6.27. The molecule has 8 heteroatoms. The van der Waals surface area contributed by atoms with E-state index in [2.05, 4.69) is 15.5 Å². The molecule has 0 radical (unpaired) electrons. The SMILES string of the molecule is Cn1c(C2CCN(C(=O)C(NC(=O)c3ccccc3)c3ccccc3)CC2)n[nH]c1=S. The first kappa shape index (κ1) is 21.0. The molecule has 1 aliphatic heterocycles. The van der Waals surface area contributed by atoms with Gasteiger partial charge in [-0.2, -0.15) is 5.10 Å². The highest BCUT2D eigenvalue weighted by Gasteiger charge is 2.32. The van der Waals surface area contributed by atoms with Crippen LogP contribution in [0.5, 0.6) is 0 Å². The monoisotopic (exact) mass is 435 g/mol. The second kappa shape index (κ2) is 9.26. The first-order chi connectivity index (χ1) is 15.0. The number of likely N-dealkylation sites (tertiary alicyclic amines) is 1. The van der Waals surface area contributed by atoms with Crippen LogP contribution >= 0.6 is 12.2 Å². The molecule has 31 heavy (non-hydrogen) atoms. The Hall–Kier alpha value is -3.26. The van der Waals surface area contributed by atoms with Crippen LogP contribution in [0, 0.1) is 4.77 Å². The number of aromatic nitrogens is 3. The molecule has 0 saturated carbocycles. The van der Waals surface area contributed by atoms with Gasteiger partial charge in [0, 0.05) is 31.6 Å². The molecule has 7 nitrogen and oxygen atoms in total. The third-order valence-corrected chi connectivity index (χ3v) is 6.14. The molecular formula is C23H25N5O2S. The maximum absolute atomic E-state index is 13.4. The van der Waals surface area contributed by atoms with Gasteiger partial charge < -0.3 is 14.8 Å². The summed E-state index contributed by atoms with van der Waals surface area (Å²) < 4.78 is 2.49. The standard InChI is InChI=1S/C23H25N5O2S/c1-27-20(25-26-23(27)31)17-12-14-28(15-13-17)22(30)19(16-8-4-2-5-9-16)24-21(29)18-10-6-3-7-11-18/h2-11,17,19H,12-15H2,1H3,(H,24,29)(H,26,31). The average molecular weight is 436 g/mol. The fraction of sp³-hybridized carbons (Fsp3) is 0.304. The van der Waals surface area contributed by atoms with Gasteiger partial charge in [-0.3, -0.25) is 14.7 Å². The molecule has 0 aliphatic carbocycles. The second-order valence-electron chi connectivity index (χ2n) is 7.73. The normalized spacial score (nSPS) is 15.5. The van der Waals surface area contributed by atoms with Crippen LogP contribution in [0.25, 0.3) is 0 Å². The van der Waals surface area contributed by atoms with E-state index in [1.165, 1.54) is 0 Å². The van der Waals surface area contributed by atoms with E-state index in [9.17, 15) is 9.59 Å². The topological polar surface area (TPSA) is 83.0 Å². The highest BCUT2D eigenvalue weighted by atomic mass is 32.1. The number of nitrogens with one attached hydrogen (secondary N) is 2. The van der Waals surface area contributed by atoms with Gasteiger partial charge in [0.15, 0.2) is 4.77 Å². The zero-order chi connectivity index (χ0) is 21.8. The summed E-state index contributed by atoms with van der Waals surface area (Å²) in [6.45, 7) is 1.21. The average Bonchev–Trinajstić information content (AvgIpc) is 3.16. The van der Waals surface area contributed by atoms with Crippen molar-refractivity contribution in [3.05, 3.63) is 82.4 Å². The van der Waals surface area contributed by atoms with Gasteiger partial charge in [0.05, 0.1) is 0 Å². The molecule has 2 aromatic carbocycles. The Morgan fingerprint density at radius 1 is 1.06 bits per heavy atom. The van der Waals surface area contributed by atoms with Crippen molar-refractivity contribution in [1.82, 2.24) is 25.0 Å². The van der Waals surface area contributed by atoms with Crippen LogP contribution in [0.1, 0.15) is 46.5 Å². The number of H-pyrrole nitrogens is 1. The summed E-state index contributed by atoms with van der Waals surface area (Å²) in [5.41, 5.74) is 1.30. The van der Waals surface area contributed by atoms with Crippen LogP contribution in [0.3, 0.4) is 0 Å². The molecule has 3 aromatic rings. The number of hydrogen-bond donors (Lipinski definition) is 2. The molecular weight excluding hydrogens is 410 g/mol. The Bertz CT molecular complexity index is 1100. The third kappa shape index (κ3) is 4.59. The number of amides is 2. The largest absolute Gasteiger partial charge is 0.341 e. The van der Waals surface area contributed by atoms with Gasteiger partial charge in [-0.15, -0.1) is 0 Å². The second-order valence-corrected chi connectivity index (χ2v) is 8.12. The van der Waals surface area contributed by atoms with Crippen molar-refractivity contribution < 1.29 is 9.59 Å². The Morgan fingerprint density at radius 2 is 1.68 bits per heavy atom.